The Bertz CT molecular complexity index is 174. The molecular formula is C4H6FKO4S. The van der Waals surface area contributed by atoms with E-state index in [1.54, 1.807) is 0 Å². The maximum absolute atomic E-state index is 10.1. The summed E-state index contributed by atoms with van der Waals surface area (Å²) in [5.41, 5.74) is 0. The fourth-order valence-corrected chi connectivity index (χ4v) is 0.0680. The first-order chi connectivity index (χ1) is 4.41. The second-order valence-electron chi connectivity index (χ2n) is 0.863. The van der Waals surface area contributed by atoms with Gasteiger partial charge < -0.3 is 9.29 Å². The number of rotatable bonds is 2. The van der Waals surface area contributed by atoms with E-state index in [2.05, 4.69) is 17.9 Å². The molecule has 11 heavy (non-hydrogen) atoms. The van der Waals surface area contributed by atoms with Crippen LogP contribution in [-0.4, -0.2) is 13.0 Å². The summed E-state index contributed by atoms with van der Waals surface area (Å²) in [6, 6.07) is 0. The molecule has 0 atom stereocenters. The second-order valence-corrected chi connectivity index (χ2v) is 1.65. The molecular weight excluding hydrogens is 202 g/mol. The Morgan fingerprint density at radius 2 is 1.55 bits per heavy atom. The number of hydrogen-bond acceptors (Lipinski definition) is 4. The van der Waals surface area contributed by atoms with Gasteiger partial charge in [0.1, 0.15) is 0 Å². The molecule has 4 nitrogen and oxygen atoms in total. The third kappa shape index (κ3) is 109. The first-order valence-electron chi connectivity index (χ1n) is 1.94. The summed E-state index contributed by atoms with van der Waals surface area (Å²) >= 11 is 0. The molecule has 0 rings (SSSR count). The number of hydrogen-bond donors (Lipinski definition) is 0. The van der Waals surface area contributed by atoms with Crippen LogP contribution in [0.3, 0.4) is 0 Å². The Morgan fingerprint density at radius 3 is 1.55 bits per heavy atom. The van der Waals surface area contributed by atoms with Crippen LogP contribution >= 0.6 is 0 Å². The van der Waals surface area contributed by atoms with Gasteiger partial charge in [-0.05, 0) is 0 Å². The van der Waals surface area contributed by atoms with Gasteiger partial charge in [-0.15, -0.1) is 3.89 Å². The summed E-state index contributed by atoms with van der Waals surface area (Å²) in [5.74, 6) is 0. The molecule has 0 saturated carbocycles. The van der Waals surface area contributed by atoms with Gasteiger partial charge in [0.05, 0.1) is 12.5 Å². The number of ether oxygens (including phenoxy) is 1. The molecule has 0 aromatic rings. The van der Waals surface area contributed by atoms with E-state index in [1.165, 1.54) is 12.5 Å². The minimum absolute atomic E-state index is 0. The quantitative estimate of drug-likeness (QED) is 0.222. The molecule has 0 aliphatic carbocycles. The fourth-order valence-electron chi connectivity index (χ4n) is 0.0680. The van der Waals surface area contributed by atoms with E-state index in [0.717, 1.165) is 0 Å². The van der Waals surface area contributed by atoms with Gasteiger partial charge in [0.25, 0.3) is 10.5 Å². The molecule has 0 bridgehead atoms. The molecule has 0 aliphatic heterocycles. The predicted octanol–water partition coefficient (Wildman–Crippen LogP) is -2.29. The molecule has 60 valence electrons. The standard InChI is InChI=1S/C4H6O.FHO3S.K/c1-3-5-4-2;1-5(2,3)4;/h3-4H,1-2H2;(H,2,3,4);/q;;+1/p-1. The first-order valence-corrected chi connectivity index (χ1v) is 3.25. The SMILES string of the molecule is C=COC=C.O=S(=O)([O-])F.[K+]. The van der Waals surface area contributed by atoms with Crippen molar-refractivity contribution in [1.29, 1.82) is 0 Å². The topological polar surface area (TPSA) is 66.4 Å². The summed E-state index contributed by atoms with van der Waals surface area (Å²) in [7, 11) is -5.42. The average molecular weight is 208 g/mol. The van der Waals surface area contributed by atoms with Crippen molar-refractivity contribution in [2.24, 2.45) is 0 Å². The van der Waals surface area contributed by atoms with Crippen LogP contribution in [0.15, 0.2) is 25.7 Å². The van der Waals surface area contributed by atoms with Gasteiger partial charge in [-0.25, -0.2) is 8.42 Å². The van der Waals surface area contributed by atoms with Crippen LogP contribution in [0, 0.1) is 0 Å². The Kier molecular flexibility index (Phi) is 17.3. The van der Waals surface area contributed by atoms with Gasteiger partial charge in [-0.2, -0.15) is 0 Å². The van der Waals surface area contributed by atoms with Crippen molar-refractivity contribution in [2.45, 2.75) is 0 Å². The third-order valence-corrected chi connectivity index (χ3v) is 0.192. The zero-order valence-electron chi connectivity index (χ0n) is 5.99. The monoisotopic (exact) mass is 208 g/mol. The number of halogens is 1. The van der Waals surface area contributed by atoms with Gasteiger partial charge in [-0.1, -0.05) is 13.2 Å². The predicted molar refractivity (Wildman–Crippen MR) is 32.3 cm³/mol. The van der Waals surface area contributed by atoms with Gasteiger partial charge in [0.2, 0.25) is 0 Å². The van der Waals surface area contributed by atoms with E-state index in [0.29, 0.717) is 0 Å². The molecule has 0 unspecified atom stereocenters. The van der Waals surface area contributed by atoms with Crippen LogP contribution in [-0.2, 0) is 15.2 Å². The molecule has 0 fully saturated rings. The van der Waals surface area contributed by atoms with E-state index >= 15 is 0 Å². The van der Waals surface area contributed by atoms with Crippen LogP contribution in [0.25, 0.3) is 0 Å². The largest absolute Gasteiger partial charge is 1.00 e. The van der Waals surface area contributed by atoms with E-state index in [-0.39, 0.29) is 51.4 Å². The second kappa shape index (κ2) is 10.8. The molecule has 7 heteroatoms. The Balaban J connectivity index is -0.000000107. The van der Waals surface area contributed by atoms with Crippen molar-refractivity contribution in [2.75, 3.05) is 0 Å². The summed E-state index contributed by atoms with van der Waals surface area (Å²) in [6.07, 6.45) is 2.62. The van der Waals surface area contributed by atoms with Crippen molar-refractivity contribution in [3.63, 3.8) is 0 Å². The molecule has 0 aliphatic rings. The normalized spacial score (nSPS) is 7.82. The molecule has 0 spiro atoms. The first kappa shape index (κ1) is 17.7. The molecule has 0 amide bonds. The van der Waals surface area contributed by atoms with Crippen LogP contribution in [0.1, 0.15) is 0 Å². The summed E-state index contributed by atoms with van der Waals surface area (Å²) in [4.78, 5) is 0. The third-order valence-electron chi connectivity index (χ3n) is 0.192. The van der Waals surface area contributed by atoms with Crippen LogP contribution in [0.4, 0.5) is 3.89 Å². The zero-order chi connectivity index (χ0) is 8.62. The molecule has 0 saturated heterocycles. The van der Waals surface area contributed by atoms with Crippen LogP contribution in [0.2, 0.25) is 0 Å². The maximum Gasteiger partial charge on any atom is 1.00 e. The molecule has 0 heterocycles. The van der Waals surface area contributed by atoms with Crippen LogP contribution in [0.5, 0.6) is 0 Å². The average Bonchev–Trinajstić information content (AvgIpc) is 1.63. The van der Waals surface area contributed by atoms with Crippen molar-refractivity contribution >= 4 is 10.5 Å². The van der Waals surface area contributed by atoms with E-state index < -0.39 is 10.5 Å². The van der Waals surface area contributed by atoms with Gasteiger partial charge >= 0.3 is 51.4 Å². The van der Waals surface area contributed by atoms with E-state index in [1.807, 2.05) is 0 Å². The summed E-state index contributed by atoms with van der Waals surface area (Å²) in [6.45, 7) is 6.51. The van der Waals surface area contributed by atoms with Crippen LogP contribution < -0.4 is 51.4 Å². The molecule has 0 aromatic carbocycles. The maximum atomic E-state index is 10.1. The minimum atomic E-state index is -5.42. The smallest absolute Gasteiger partial charge is 0.722 e. The Labute approximate surface area is 108 Å². The fraction of sp³-hybridized carbons (Fsp3) is 0. The van der Waals surface area contributed by atoms with Gasteiger partial charge in [-0.3, -0.25) is 0 Å². The van der Waals surface area contributed by atoms with Crippen molar-refractivity contribution in [3.05, 3.63) is 25.7 Å². The van der Waals surface area contributed by atoms with Crippen molar-refractivity contribution in [1.82, 2.24) is 0 Å². The Hall–Kier alpha value is 0.756. The molecule has 0 aromatic heterocycles. The minimum Gasteiger partial charge on any atom is -0.722 e. The van der Waals surface area contributed by atoms with E-state index in [4.69, 9.17) is 13.0 Å². The van der Waals surface area contributed by atoms with E-state index in [9.17, 15) is 3.89 Å². The van der Waals surface area contributed by atoms with Crippen molar-refractivity contribution in [3.8, 4) is 0 Å². The summed E-state index contributed by atoms with van der Waals surface area (Å²) in [5, 5.41) is 0. The Morgan fingerprint density at radius 1 is 1.36 bits per heavy atom. The molecule has 0 N–H and O–H groups in total. The van der Waals surface area contributed by atoms with Crippen molar-refractivity contribution < 1.29 is 73.0 Å². The van der Waals surface area contributed by atoms with Gasteiger partial charge in [0, 0.05) is 0 Å². The zero-order valence-corrected chi connectivity index (χ0v) is 9.93. The molecule has 0 radical (unpaired) electrons. The van der Waals surface area contributed by atoms with Gasteiger partial charge in [0.15, 0.2) is 0 Å². The summed E-state index contributed by atoms with van der Waals surface area (Å²) < 4.78 is 39.7.